The minimum atomic E-state index is -0.124. The van der Waals surface area contributed by atoms with Crippen molar-refractivity contribution in [3.63, 3.8) is 0 Å². The van der Waals surface area contributed by atoms with Gasteiger partial charge in [0.1, 0.15) is 6.10 Å². The third-order valence-corrected chi connectivity index (χ3v) is 4.79. The van der Waals surface area contributed by atoms with E-state index in [2.05, 4.69) is 44.5 Å². The van der Waals surface area contributed by atoms with E-state index in [-0.39, 0.29) is 12.1 Å². The number of benzene rings is 2. The Bertz CT molecular complexity index is 662. The molecule has 2 heteroatoms. The maximum atomic E-state index is 12.4. The van der Waals surface area contributed by atoms with Crippen molar-refractivity contribution in [2.45, 2.75) is 77.7 Å². The van der Waals surface area contributed by atoms with Crippen LogP contribution in [0.3, 0.4) is 0 Å². The van der Waals surface area contributed by atoms with E-state index in [1.807, 2.05) is 18.2 Å². The zero-order chi connectivity index (χ0) is 18.6. The van der Waals surface area contributed by atoms with Crippen LogP contribution < -0.4 is 0 Å². The first-order chi connectivity index (χ1) is 12.7. The van der Waals surface area contributed by atoms with Crippen molar-refractivity contribution in [3.05, 3.63) is 54.4 Å². The Balaban J connectivity index is 1.80. The summed E-state index contributed by atoms with van der Waals surface area (Å²) in [6, 6.07) is 14.4. The third kappa shape index (κ3) is 7.19. The zero-order valence-electron chi connectivity index (χ0n) is 16.4. The Kier molecular flexibility index (Phi) is 9.23. The second-order valence-corrected chi connectivity index (χ2v) is 7.09. The normalized spacial score (nSPS) is 12.2. The minimum absolute atomic E-state index is 0.0425. The van der Waals surface area contributed by atoms with Crippen LogP contribution in [-0.4, -0.2) is 12.1 Å². The van der Waals surface area contributed by atoms with Gasteiger partial charge in [-0.1, -0.05) is 88.4 Å². The molecule has 0 bridgehead atoms. The first kappa shape index (κ1) is 20.5. The monoisotopic (exact) mass is 353 g/mol. The van der Waals surface area contributed by atoms with Gasteiger partial charge in [-0.15, -0.1) is 0 Å². The van der Waals surface area contributed by atoms with Crippen molar-refractivity contribution in [2.24, 2.45) is 0 Å². The van der Waals surface area contributed by atoms with E-state index in [9.17, 15) is 4.79 Å². The van der Waals surface area contributed by atoms with E-state index < -0.39 is 0 Å². The van der Waals surface area contributed by atoms with Gasteiger partial charge >= 0.3 is 5.97 Å². The van der Waals surface area contributed by atoms with Crippen LogP contribution >= 0.6 is 0 Å². The van der Waals surface area contributed by atoms with E-state index in [0.29, 0.717) is 6.42 Å². The summed E-state index contributed by atoms with van der Waals surface area (Å²) in [5.74, 6) is -0.124. The Morgan fingerprint density at radius 2 is 1.69 bits per heavy atom. The molecule has 0 aliphatic carbocycles. The number of esters is 1. The summed E-state index contributed by atoms with van der Waals surface area (Å²) in [6.07, 6.45) is 11.9. The van der Waals surface area contributed by atoms with E-state index in [1.54, 1.807) is 0 Å². The number of rotatable bonds is 12. The SMILES string of the molecule is CC[CH]C(CCCCCCCC)OC(=O)Cc1ccc2ccccc2c1. The van der Waals surface area contributed by atoms with Crippen LogP contribution in [0, 0.1) is 6.42 Å². The van der Waals surface area contributed by atoms with Crippen LogP contribution in [0.4, 0.5) is 0 Å². The summed E-state index contributed by atoms with van der Waals surface area (Å²) in [5.41, 5.74) is 1.02. The molecule has 2 aromatic rings. The van der Waals surface area contributed by atoms with Crippen molar-refractivity contribution in [1.29, 1.82) is 0 Å². The molecule has 1 unspecified atom stereocenters. The molecule has 0 aromatic heterocycles. The number of hydrogen-bond donors (Lipinski definition) is 0. The van der Waals surface area contributed by atoms with Crippen molar-refractivity contribution < 1.29 is 9.53 Å². The van der Waals surface area contributed by atoms with E-state index in [0.717, 1.165) is 24.8 Å². The van der Waals surface area contributed by atoms with Gasteiger partial charge in [-0.25, -0.2) is 0 Å². The molecular formula is C24H33O2. The third-order valence-electron chi connectivity index (χ3n) is 4.79. The average molecular weight is 354 g/mol. The van der Waals surface area contributed by atoms with Gasteiger partial charge in [0, 0.05) is 6.42 Å². The first-order valence-corrected chi connectivity index (χ1v) is 10.2. The maximum Gasteiger partial charge on any atom is 0.310 e. The lowest BCUT2D eigenvalue weighted by Gasteiger charge is -2.17. The van der Waals surface area contributed by atoms with Gasteiger partial charge in [-0.05, 0) is 35.6 Å². The Morgan fingerprint density at radius 3 is 2.46 bits per heavy atom. The Hall–Kier alpha value is -1.83. The molecule has 0 spiro atoms. The van der Waals surface area contributed by atoms with Crippen molar-refractivity contribution in [3.8, 4) is 0 Å². The van der Waals surface area contributed by atoms with Gasteiger partial charge in [0.05, 0.1) is 6.42 Å². The predicted octanol–water partition coefficient (Wildman–Crippen LogP) is 6.66. The minimum Gasteiger partial charge on any atom is -0.462 e. The van der Waals surface area contributed by atoms with Gasteiger partial charge in [0.2, 0.25) is 0 Å². The molecule has 2 aromatic carbocycles. The fourth-order valence-electron chi connectivity index (χ4n) is 3.34. The highest BCUT2D eigenvalue weighted by Crippen LogP contribution is 2.18. The molecule has 0 saturated carbocycles. The molecule has 0 fully saturated rings. The predicted molar refractivity (Wildman–Crippen MR) is 110 cm³/mol. The van der Waals surface area contributed by atoms with Crippen LogP contribution in [-0.2, 0) is 16.0 Å². The molecule has 1 radical (unpaired) electrons. The largest absolute Gasteiger partial charge is 0.462 e. The second kappa shape index (κ2) is 11.7. The highest BCUT2D eigenvalue weighted by molar-refractivity contribution is 5.84. The van der Waals surface area contributed by atoms with Crippen molar-refractivity contribution >= 4 is 16.7 Å². The molecule has 1 atom stereocenters. The van der Waals surface area contributed by atoms with E-state index in [1.165, 1.54) is 42.9 Å². The molecular weight excluding hydrogens is 320 g/mol. The average Bonchev–Trinajstić information content (AvgIpc) is 2.64. The molecule has 0 saturated heterocycles. The Morgan fingerprint density at radius 1 is 0.962 bits per heavy atom. The summed E-state index contributed by atoms with van der Waals surface area (Å²) >= 11 is 0. The standard InChI is InChI=1S/C24H33O2/c1-3-5-6-7-8-9-15-23(12-4-2)26-24(25)19-20-16-17-21-13-10-11-14-22(21)18-20/h10-14,16-18,23H,3-9,15,19H2,1-2H3. The highest BCUT2D eigenvalue weighted by Gasteiger charge is 2.14. The number of ether oxygens (including phenoxy) is 1. The van der Waals surface area contributed by atoms with Crippen LogP contribution in [0.5, 0.6) is 0 Å². The molecule has 2 nitrogen and oxygen atoms in total. The van der Waals surface area contributed by atoms with Gasteiger partial charge in [0.15, 0.2) is 0 Å². The van der Waals surface area contributed by atoms with Crippen LogP contribution in [0.15, 0.2) is 42.5 Å². The summed E-state index contributed by atoms with van der Waals surface area (Å²) < 4.78 is 5.74. The number of hydrogen-bond acceptors (Lipinski definition) is 2. The molecule has 2 rings (SSSR count). The summed E-state index contributed by atoms with van der Waals surface area (Å²) in [7, 11) is 0. The van der Waals surface area contributed by atoms with Gasteiger partial charge in [0.25, 0.3) is 0 Å². The van der Waals surface area contributed by atoms with E-state index >= 15 is 0 Å². The molecule has 141 valence electrons. The zero-order valence-corrected chi connectivity index (χ0v) is 16.4. The fraction of sp³-hybridized carbons (Fsp3) is 0.500. The highest BCUT2D eigenvalue weighted by atomic mass is 16.5. The molecule has 0 aliphatic heterocycles. The summed E-state index contributed by atoms with van der Waals surface area (Å²) in [5, 5.41) is 2.37. The van der Waals surface area contributed by atoms with E-state index in [4.69, 9.17) is 4.74 Å². The second-order valence-electron chi connectivity index (χ2n) is 7.09. The summed E-state index contributed by atoms with van der Waals surface area (Å²) in [4.78, 5) is 12.4. The lowest BCUT2D eigenvalue weighted by atomic mass is 10.0. The van der Waals surface area contributed by atoms with Crippen LogP contribution in [0.1, 0.15) is 70.8 Å². The van der Waals surface area contributed by atoms with Crippen molar-refractivity contribution in [1.82, 2.24) is 0 Å². The van der Waals surface area contributed by atoms with Gasteiger partial charge in [-0.3, -0.25) is 4.79 Å². The van der Waals surface area contributed by atoms with Crippen LogP contribution in [0.2, 0.25) is 0 Å². The Labute approximate surface area is 158 Å². The first-order valence-electron chi connectivity index (χ1n) is 10.2. The quantitative estimate of drug-likeness (QED) is 0.315. The lowest BCUT2D eigenvalue weighted by molar-refractivity contribution is -0.147. The smallest absolute Gasteiger partial charge is 0.310 e. The van der Waals surface area contributed by atoms with Gasteiger partial charge < -0.3 is 4.74 Å². The number of carbonyl (C=O) groups excluding carboxylic acids is 1. The fourth-order valence-corrected chi connectivity index (χ4v) is 3.34. The maximum absolute atomic E-state index is 12.4. The molecule has 0 N–H and O–H groups in total. The molecule has 0 aliphatic rings. The molecule has 0 amide bonds. The molecule has 26 heavy (non-hydrogen) atoms. The topological polar surface area (TPSA) is 26.3 Å². The lowest BCUT2D eigenvalue weighted by Crippen LogP contribution is -2.20. The number of fused-ring (bicyclic) bond motifs is 1. The summed E-state index contributed by atoms with van der Waals surface area (Å²) in [6.45, 7) is 4.34. The van der Waals surface area contributed by atoms with Crippen molar-refractivity contribution in [2.75, 3.05) is 0 Å². The van der Waals surface area contributed by atoms with Crippen LogP contribution in [0.25, 0.3) is 10.8 Å². The number of carbonyl (C=O) groups is 1. The van der Waals surface area contributed by atoms with Gasteiger partial charge in [-0.2, -0.15) is 0 Å². The number of unbranched alkanes of at least 4 members (excludes halogenated alkanes) is 5. The molecule has 0 heterocycles.